The number of allylic oxidation sites excluding steroid dienone is 3. The van der Waals surface area contributed by atoms with Gasteiger partial charge in [-0.1, -0.05) is 51.5 Å². The van der Waals surface area contributed by atoms with Gasteiger partial charge in [0.1, 0.15) is 0 Å². The lowest BCUT2D eigenvalue weighted by Crippen LogP contribution is -2.61. The summed E-state index contributed by atoms with van der Waals surface area (Å²) in [5.74, 6) is 0. The van der Waals surface area contributed by atoms with Gasteiger partial charge in [-0.3, -0.25) is 0 Å². The van der Waals surface area contributed by atoms with Crippen LogP contribution in [0.3, 0.4) is 0 Å². The van der Waals surface area contributed by atoms with E-state index in [2.05, 4.69) is 59.0 Å². The largest absolute Gasteiger partial charge is 0.410 e. The third-order valence-corrected chi connectivity index (χ3v) is 13.3. The van der Waals surface area contributed by atoms with Gasteiger partial charge < -0.3 is 9.16 Å². The zero-order chi connectivity index (χ0) is 20.7. The highest BCUT2D eigenvalue weighted by Gasteiger charge is 2.58. The Morgan fingerprint density at radius 2 is 1.61 bits per heavy atom. The van der Waals surface area contributed by atoms with Gasteiger partial charge >= 0.3 is 0 Å². The summed E-state index contributed by atoms with van der Waals surface area (Å²) in [5.41, 5.74) is 1.80. The quantitative estimate of drug-likeness (QED) is 0.357. The lowest BCUT2D eigenvalue weighted by atomic mass is 9.53. The second kappa shape index (κ2) is 7.70. The summed E-state index contributed by atoms with van der Waals surface area (Å²) in [6.45, 7) is 14.5. The number of hydrogen-bond donors (Lipinski definition) is 0. The molecule has 0 radical (unpaired) electrons. The maximum Gasteiger partial charge on any atom is 0.192 e. The average Bonchev–Trinajstić information content (AvgIpc) is 2.60. The first-order valence-electron chi connectivity index (χ1n) is 11.6. The van der Waals surface area contributed by atoms with Gasteiger partial charge in [0.15, 0.2) is 8.32 Å². The summed E-state index contributed by atoms with van der Waals surface area (Å²) in [6, 6.07) is 0. The van der Waals surface area contributed by atoms with Crippen molar-refractivity contribution in [3.05, 3.63) is 23.8 Å². The lowest BCUT2D eigenvalue weighted by Gasteiger charge is -2.60. The SMILES string of the molecule is CO[C@]12CCCC=CCC[C@]3(O[Si](C)(C)C(C)(C)C)CCC=C(C1)[C@]3(C)CC2. The predicted octanol–water partition coefficient (Wildman–Crippen LogP) is 7.56. The first kappa shape index (κ1) is 22.3. The summed E-state index contributed by atoms with van der Waals surface area (Å²) >= 11 is 0. The van der Waals surface area contributed by atoms with E-state index in [1.165, 1.54) is 38.5 Å². The van der Waals surface area contributed by atoms with Crippen LogP contribution in [0.1, 0.15) is 91.9 Å². The number of methoxy groups -OCH3 is 1. The van der Waals surface area contributed by atoms with Crippen molar-refractivity contribution in [1.82, 2.24) is 0 Å². The molecule has 4 rings (SSSR count). The van der Waals surface area contributed by atoms with E-state index >= 15 is 0 Å². The Bertz CT molecular complexity index is 629. The highest BCUT2D eigenvalue weighted by atomic mass is 28.4. The van der Waals surface area contributed by atoms with Gasteiger partial charge in [-0.25, -0.2) is 0 Å². The molecular weight excluding hydrogens is 360 g/mol. The van der Waals surface area contributed by atoms with Crippen molar-refractivity contribution in [2.24, 2.45) is 5.41 Å². The summed E-state index contributed by atoms with van der Waals surface area (Å²) < 4.78 is 13.6. The molecule has 0 spiro atoms. The molecule has 2 nitrogen and oxygen atoms in total. The molecule has 0 aromatic heterocycles. The Balaban J connectivity index is 2.05. The van der Waals surface area contributed by atoms with Crippen LogP contribution >= 0.6 is 0 Å². The van der Waals surface area contributed by atoms with Crippen LogP contribution in [0.15, 0.2) is 23.8 Å². The Morgan fingerprint density at radius 3 is 2.29 bits per heavy atom. The molecule has 4 aliphatic carbocycles. The maximum atomic E-state index is 7.43. The highest BCUT2D eigenvalue weighted by Crippen LogP contribution is 2.61. The van der Waals surface area contributed by atoms with E-state index in [1.54, 1.807) is 5.57 Å². The van der Waals surface area contributed by atoms with Crippen LogP contribution in [0.5, 0.6) is 0 Å². The van der Waals surface area contributed by atoms with E-state index in [9.17, 15) is 0 Å². The molecule has 3 heteroatoms. The Morgan fingerprint density at radius 1 is 0.929 bits per heavy atom. The van der Waals surface area contributed by atoms with Crippen molar-refractivity contribution in [2.45, 2.75) is 121 Å². The first-order valence-corrected chi connectivity index (χ1v) is 14.5. The molecule has 28 heavy (non-hydrogen) atoms. The van der Waals surface area contributed by atoms with Crippen molar-refractivity contribution in [3.63, 3.8) is 0 Å². The van der Waals surface area contributed by atoms with Crippen LogP contribution in [0.2, 0.25) is 18.1 Å². The molecule has 4 aliphatic rings. The topological polar surface area (TPSA) is 18.5 Å². The van der Waals surface area contributed by atoms with E-state index in [-0.39, 0.29) is 21.7 Å². The standard InChI is InChI=1S/C25H44O2Si/c1-22(2,3)28(6,7)27-25-16-12-10-8-9-11-15-24(26-5)19-18-23(25,4)21(20-24)14-13-17-25/h8,10,14H,9,11-13,15-20H2,1-7H3/t23-,24-,25-/m0/s1. The van der Waals surface area contributed by atoms with Gasteiger partial charge in [-0.2, -0.15) is 0 Å². The van der Waals surface area contributed by atoms with Crippen LogP contribution in [0, 0.1) is 5.41 Å². The molecule has 4 bridgehead atoms. The minimum Gasteiger partial charge on any atom is -0.410 e. The third-order valence-electron chi connectivity index (χ3n) is 8.82. The van der Waals surface area contributed by atoms with Gasteiger partial charge in [0.05, 0.1) is 11.2 Å². The minimum atomic E-state index is -1.87. The van der Waals surface area contributed by atoms with Gasteiger partial charge in [0.2, 0.25) is 0 Å². The predicted molar refractivity (Wildman–Crippen MR) is 122 cm³/mol. The number of ether oxygens (including phenoxy) is 1. The Kier molecular flexibility index (Phi) is 6.14. The van der Waals surface area contributed by atoms with Gasteiger partial charge in [-0.05, 0) is 82.3 Å². The van der Waals surface area contributed by atoms with E-state index in [4.69, 9.17) is 9.16 Å². The van der Waals surface area contributed by atoms with Crippen LogP contribution in [0.4, 0.5) is 0 Å². The van der Waals surface area contributed by atoms with Crippen molar-refractivity contribution in [3.8, 4) is 0 Å². The minimum absolute atomic E-state index is 0.0243. The van der Waals surface area contributed by atoms with Crippen molar-refractivity contribution < 1.29 is 9.16 Å². The molecule has 3 atom stereocenters. The first-order chi connectivity index (χ1) is 13.0. The second-order valence-electron chi connectivity index (χ2n) is 11.4. The summed E-state index contributed by atoms with van der Waals surface area (Å²) in [5, 5.41) is 0.240. The van der Waals surface area contributed by atoms with Crippen LogP contribution in [0.25, 0.3) is 0 Å². The average molecular weight is 405 g/mol. The summed E-state index contributed by atoms with van der Waals surface area (Å²) in [6.07, 6.45) is 19.1. The van der Waals surface area contributed by atoms with E-state index < -0.39 is 8.32 Å². The van der Waals surface area contributed by atoms with Crippen LogP contribution in [-0.4, -0.2) is 26.6 Å². The van der Waals surface area contributed by atoms with Gasteiger partial charge in [0, 0.05) is 12.5 Å². The molecular formula is C25H44O2Si. The highest BCUT2D eigenvalue weighted by molar-refractivity contribution is 6.74. The molecule has 0 amide bonds. The molecule has 1 fully saturated rings. The molecule has 0 unspecified atom stereocenters. The van der Waals surface area contributed by atoms with Gasteiger partial charge in [-0.15, -0.1) is 0 Å². The Labute approximate surface area is 175 Å². The van der Waals surface area contributed by atoms with E-state index in [0.29, 0.717) is 0 Å². The van der Waals surface area contributed by atoms with Gasteiger partial charge in [0.25, 0.3) is 0 Å². The molecule has 1 saturated carbocycles. The molecule has 160 valence electrons. The molecule has 0 aromatic carbocycles. The molecule has 0 aromatic rings. The molecule has 0 saturated heterocycles. The number of rotatable bonds is 3. The van der Waals surface area contributed by atoms with E-state index in [1.807, 2.05) is 7.11 Å². The summed E-state index contributed by atoms with van der Waals surface area (Å²) in [4.78, 5) is 0. The number of hydrogen-bond acceptors (Lipinski definition) is 2. The molecule has 0 heterocycles. The fourth-order valence-corrected chi connectivity index (χ4v) is 7.40. The fraction of sp³-hybridized carbons (Fsp3) is 0.840. The second-order valence-corrected chi connectivity index (χ2v) is 16.1. The van der Waals surface area contributed by atoms with E-state index in [0.717, 1.165) is 25.7 Å². The normalized spacial score (nSPS) is 37.2. The fourth-order valence-electron chi connectivity index (χ4n) is 5.68. The Hall–Kier alpha value is -0.383. The third kappa shape index (κ3) is 3.84. The van der Waals surface area contributed by atoms with Crippen molar-refractivity contribution >= 4 is 8.32 Å². The lowest BCUT2D eigenvalue weighted by molar-refractivity contribution is -0.114. The van der Waals surface area contributed by atoms with Crippen molar-refractivity contribution in [2.75, 3.05) is 7.11 Å². The van der Waals surface area contributed by atoms with Crippen molar-refractivity contribution in [1.29, 1.82) is 0 Å². The monoisotopic (exact) mass is 404 g/mol. The number of fused-ring (bicyclic) bond motifs is 6. The molecule has 0 N–H and O–H groups in total. The zero-order valence-electron chi connectivity index (χ0n) is 19.6. The summed E-state index contributed by atoms with van der Waals surface area (Å²) in [7, 11) is 0.0686. The smallest absolute Gasteiger partial charge is 0.192 e. The zero-order valence-corrected chi connectivity index (χ0v) is 20.6. The maximum absolute atomic E-state index is 7.43. The van der Waals surface area contributed by atoms with Crippen LogP contribution in [-0.2, 0) is 9.16 Å². The van der Waals surface area contributed by atoms with Crippen LogP contribution < -0.4 is 0 Å². The molecule has 0 aliphatic heterocycles.